The Morgan fingerprint density at radius 3 is 2.50 bits per heavy atom. The van der Waals surface area contributed by atoms with Gasteiger partial charge < -0.3 is 5.73 Å². The molecular weight excluding hydrogens is 220 g/mol. The van der Waals surface area contributed by atoms with Crippen molar-refractivity contribution in [3.63, 3.8) is 0 Å². The normalized spacial score (nSPS) is 10.2. The largest absolute Gasteiger partial charge is 0.383 e. The minimum atomic E-state index is 0. The monoisotopic (exact) mass is 236 g/mol. The van der Waals surface area contributed by atoms with Crippen LogP contribution in [0, 0.1) is 13.8 Å². The van der Waals surface area contributed by atoms with Gasteiger partial charge in [0.1, 0.15) is 5.82 Å². The summed E-state index contributed by atoms with van der Waals surface area (Å²) in [5.41, 5.74) is 10.5. The molecule has 2 N–H and O–H groups in total. The van der Waals surface area contributed by atoms with E-state index in [2.05, 4.69) is 44.0 Å². The average Bonchev–Trinajstić information content (AvgIpc) is 2.16. The van der Waals surface area contributed by atoms with Gasteiger partial charge in [0.15, 0.2) is 0 Å². The number of aryl methyl sites for hydroxylation is 3. The van der Waals surface area contributed by atoms with E-state index in [1.54, 1.807) is 0 Å². The molecule has 1 aromatic carbocycles. The summed E-state index contributed by atoms with van der Waals surface area (Å²) in [4.78, 5) is 4.45. The van der Waals surface area contributed by atoms with Crippen LogP contribution in [0.25, 0.3) is 10.9 Å². The van der Waals surface area contributed by atoms with Gasteiger partial charge in [0.05, 0.1) is 5.52 Å². The second kappa shape index (κ2) is 4.71. The number of hydrogen-bond donors (Lipinski definition) is 1. The zero-order valence-corrected chi connectivity index (χ0v) is 10.7. The lowest BCUT2D eigenvalue weighted by Crippen LogP contribution is -1.98. The molecule has 16 heavy (non-hydrogen) atoms. The van der Waals surface area contributed by atoms with Crippen LogP contribution in [0.3, 0.4) is 0 Å². The van der Waals surface area contributed by atoms with Crippen LogP contribution in [0.1, 0.15) is 23.6 Å². The number of pyridine rings is 1. The number of halogens is 1. The summed E-state index contributed by atoms with van der Waals surface area (Å²) in [5.74, 6) is 0.662. The van der Waals surface area contributed by atoms with Gasteiger partial charge in [-0.15, -0.1) is 12.4 Å². The molecule has 0 saturated carbocycles. The number of hydrogen-bond acceptors (Lipinski definition) is 2. The van der Waals surface area contributed by atoms with Crippen molar-refractivity contribution in [2.45, 2.75) is 27.2 Å². The van der Waals surface area contributed by atoms with Crippen molar-refractivity contribution in [1.82, 2.24) is 4.98 Å². The zero-order chi connectivity index (χ0) is 11.0. The molecular formula is C13H17ClN2. The van der Waals surface area contributed by atoms with Crippen LogP contribution >= 0.6 is 12.4 Å². The quantitative estimate of drug-likeness (QED) is 0.824. The highest BCUT2D eigenvalue weighted by Crippen LogP contribution is 2.23. The molecule has 3 heteroatoms. The summed E-state index contributed by atoms with van der Waals surface area (Å²) in [6, 6.07) is 6.42. The molecule has 0 unspecified atom stereocenters. The van der Waals surface area contributed by atoms with E-state index in [1.165, 1.54) is 16.5 Å². The van der Waals surface area contributed by atoms with Gasteiger partial charge in [-0.05, 0) is 49.1 Å². The second-order valence-corrected chi connectivity index (χ2v) is 4.03. The Balaban J connectivity index is 0.00000128. The predicted octanol–water partition coefficient (Wildman–Crippen LogP) is 3.42. The highest BCUT2D eigenvalue weighted by Gasteiger charge is 2.04. The fourth-order valence-corrected chi connectivity index (χ4v) is 1.97. The number of nitrogens with zero attached hydrogens (tertiary/aromatic N) is 1. The number of benzene rings is 1. The smallest absolute Gasteiger partial charge is 0.127 e. The first-order valence-electron chi connectivity index (χ1n) is 5.28. The lowest BCUT2D eigenvalue weighted by Gasteiger charge is -2.08. The Hall–Kier alpha value is -1.28. The summed E-state index contributed by atoms with van der Waals surface area (Å²) in [6.07, 6.45) is 0.933. The van der Waals surface area contributed by atoms with Crippen LogP contribution in [0.15, 0.2) is 18.2 Å². The van der Waals surface area contributed by atoms with Gasteiger partial charge in [0.2, 0.25) is 0 Å². The number of anilines is 1. The molecule has 0 saturated heterocycles. The van der Waals surface area contributed by atoms with Crippen LogP contribution in [0.5, 0.6) is 0 Å². The van der Waals surface area contributed by atoms with Gasteiger partial charge in [-0.25, -0.2) is 4.98 Å². The molecule has 0 amide bonds. The van der Waals surface area contributed by atoms with Gasteiger partial charge in [0, 0.05) is 5.39 Å². The van der Waals surface area contributed by atoms with Crippen molar-refractivity contribution in [3.8, 4) is 0 Å². The lowest BCUT2D eigenvalue weighted by molar-refractivity contribution is 1.13. The summed E-state index contributed by atoms with van der Waals surface area (Å²) in [5, 5.41) is 1.21. The average molecular weight is 237 g/mol. The third-order valence-corrected chi connectivity index (χ3v) is 2.78. The number of rotatable bonds is 1. The number of nitrogen functional groups attached to an aromatic ring is 1. The Bertz CT molecular complexity index is 521. The molecule has 0 aliphatic rings. The second-order valence-electron chi connectivity index (χ2n) is 4.03. The Morgan fingerprint density at radius 1 is 1.19 bits per heavy atom. The van der Waals surface area contributed by atoms with E-state index in [0.29, 0.717) is 5.82 Å². The highest BCUT2D eigenvalue weighted by atomic mass is 35.5. The standard InChI is InChI=1S/C13H16N2.ClH/c1-4-10-7-11-9(3)5-8(2)6-12(11)15-13(10)14;/h5-7H,4H2,1-3H3,(H2,14,15);1H. The van der Waals surface area contributed by atoms with Crippen molar-refractivity contribution in [2.75, 3.05) is 5.73 Å². The zero-order valence-electron chi connectivity index (χ0n) is 9.87. The SMILES string of the molecule is CCc1cc2c(C)cc(C)cc2nc1N.Cl. The van der Waals surface area contributed by atoms with Crippen molar-refractivity contribution in [2.24, 2.45) is 0 Å². The number of nitrogens with two attached hydrogens (primary N) is 1. The Labute approximate surface area is 102 Å². The maximum atomic E-state index is 5.89. The van der Waals surface area contributed by atoms with Crippen molar-refractivity contribution < 1.29 is 0 Å². The van der Waals surface area contributed by atoms with E-state index in [-0.39, 0.29) is 12.4 Å². The van der Waals surface area contributed by atoms with E-state index < -0.39 is 0 Å². The number of aromatic nitrogens is 1. The fourth-order valence-electron chi connectivity index (χ4n) is 1.97. The van der Waals surface area contributed by atoms with Gasteiger partial charge in [-0.2, -0.15) is 0 Å². The molecule has 1 aromatic heterocycles. The topological polar surface area (TPSA) is 38.9 Å². The van der Waals surface area contributed by atoms with E-state index in [9.17, 15) is 0 Å². The van der Waals surface area contributed by atoms with Crippen molar-refractivity contribution in [3.05, 3.63) is 34.9 Å². The molecule has 0 radical (unpaired) electrons. The molecule has 86 valence electrons. The van der Waals surface area contributed by atoms with Crippen LogP contribution in [-0.2, 0) is 6.42 Å². The third-order valence-electron chi connectivity index (χ3n) is 2.78. The minimum absolute atomic E-state index is 0. The van der Waals surface area contributed by atoms with E-state index in [0.717, 1.165) is 17.5 Å². The molecule has 0 spiro atoms. The maximum Gasteiger partial charge on any atom is 0.127 e. The summed E-state index contributed by atoms with van der Waals surface area (Å²) in [6.45, 7) is 6.30. The van der Waals surface area contributed by atoms with Crippen LogP contribution in [0.4, 0.5) is 5.82 Å². The highest BCUT2D eigenvalue weighted by molar-refractivity contribution is 5.85. The van der Waals surface area contributed by atoms with Crippen LogP contribution in [-0.4, -0.2) is 4.98 Å². The first-order chi connectivity index (χ1) is 7.11. The predicted molar refractivity (Wildman–Crippen MR) is 72.3 cm³/mol. The Kier molecular flexibility index (Phi) is 3.76. The lowest BCUT2D eigenvalue weighted by atomic mass is 10.0. The van der Waals surface area contributed by atoms with Gasteiger partial charge in [-0.3, -0.25) is 0 Å². The maximum absolute atomic E-state index is 5.89. The van der Waals surface area contributed by atoms with E-state index in [4.69, 9.17) is 5.73 Å². The molecule has 0 bridgehead atoms. The molecule has 1 heterocycles. The molecule has 0 aliphatic carbocycles. The Morgan fingerprint density at radius 2 is 1.88 bits per heavy atom. The molecule has 2 nitrogen and oxygen atoms in total. The fraction of sp³-hybridized carbons (Fsp3) is 0.308. The minimum Gasteiger partial charge on any atom is -0.383 e. The molecule has 2 rings (SSSR count). The van der Waals surface area contributed by atoms with Gasteiger partial charge in [-0.1, -0.05) is 13.0 Å². The summed E-state index contributed by atoms with van der Waals surface area (Å²) < 4.78 is 0. The molecule has 0 atom stereocenters. The third kappa shape index (κ3) is 2.12. The van der Waals surface area contributed by atoms with Crippen LogP contribution in [0.2, 0.25) is 0 Å². The first kappa shape index (κ1) is 12.8. The molecule has 0 fully saturated rings. The summed E-state index contributed by atoms with van der Waals surface area (Å²) >= 11 is 0. The summed E-state index contributed by atoms with van der Waals surface area (Å²) in [7, 11) is 0. The van der Waals surface area contributed by atoms with Crippen molar-refractivity contribution in [1.29, 1.82) is 0 Å². The molecule has 2 aromatic rings. The molecule has 0 aliphatic heterocycles. The van der Waals surface area contributed by atoms with Crippen molar-refractivity contribution >= 4 is 29.1 Å². The van der Waals surface area contributed by atoms with Gasteiger partial charge >= 0.3 is 0 Å². The first-order valence-corrected chi connectivity index (χ1v) is 5.28. The van der Waals surface area contributed by atoms with E-state index >= 15 is 0 Å². The van der Waals surface area contributed by atoms with E-state index in [1.807, 2.05) is 0 Å². The van der Waals surface area contributed by atoms with Crippen LogP contribution < -0.4 is 5.73 Å². The van der Waals surface area contributed by atoms with Gasteiger partial charge in [0.25, 0.3) is 0 Å². The number of fused-ring (bicyclic) bond motifs is 1.